The van der Waals surface area contributed by atoms with Crippen LogP contribution in [0.4, 0.5) is 0 Å². The van der Waals surface area contributed by atoms with Crippen LogP contribution >= 0.6 is 0 Å². The Morgan fingerprint density at radius 1 is 1.16 bits per heavy atom. The van der Waals surface area contributed by atoms with E-state index in [-0.39, 0.29) is 11.5 Å². The Morgan fingerprint density at radius 3 is 2.55 bits per heavy atom. The van der Waals surface area contributed by atoms with Crippen molar-refractivity contribution in [3.05, 3.63) is 77.4 Å². The van der Waals surface area contributed by atoms with Crippen LogP contribution in [0.2, 0.25) is 0 Å². The minimum Gasteiger partial charge on any atom is -0.490 e. The number of aryl methyl sites for hydroxylation is 1. The molecule has 0 bridgehead atoms. The van der Waals surface area contributed by atoms with E-state index in [1.165, 1.54) is 5.56 Å². The lowest BCUT2D eigenvalue weighted by Crippen LogP contribution is -2.25. The lowest BCUT2D eigenvalue weighted by Gasteiger charge is -2.16. The summed E-state index contributed by atoms with van der Waals surface area (Å²) >= 11 is 0. The molecule has 0 heterocycles. The second-order valence-corrected chi connectivity index (χ2v) is 6.88. The third kappa shape index (κ3) is 7.35. The SMILES string of the molecule is C=CCc1cc(/C=C(/C#N)C(=O)NCCCc2ccccc2)cc(OCC)c1OCC. The molecule has 0 unspecified atom stereocenters. The van der Waals surface area contributed by atoms with Crippen LogP contribution in [-0.4, -0.2) is 25.7 Å². The molecule has 0 spiro atoms. The quantitative estimate of drug-likeness (QED) is 0.231. The maximum absolute atomic E-state index is 12.5. The first kappa shape index (κ1) is 23.8. The lowest BCUT2D eigenvalue weighted by molar-refractivity contribution is -0.117. The van der Waals surface area contributed by atoms with E-state index in [1.54, 1.807) is 18.2 Å². The molecule has 0 aliphatic rings. The molecule has 1 amide bonds. The van der Waals surface area contributed by atoms with E-state index in [9.17, 15) is 10.1 Å². The van der Waals surface area contributed by atoms with Crippen LogP contribution in [0.5, 0.6) is 11.5 Å². The first-order valence-corrected chi connectivity index (χ1v) is 10.6. The summed E-state index contributed by atoms with van der Waals surface area (Å²) in [6.45, 7) is 9.10. The predicted molar refractivity (Wildman–Crippen MR) is 124 cm³/mol. The number of rotatable bonds is 12. The zero-order valence-electron chi connectivity index (χ0n) is 18.3. The van der Waals surface area contributed by atoms with Gasteiger partial charge in [-0.25, -0.2) is 0 Å². The second kappa shape index (κ2) is 12.9. The van der Waals surface area contributed by atoms with E-state index in [0.29, 0.717) is 43.2 Å². The summed E-state index contributed by atoms with van der Waals surface area (Å²) in [6, 6.07) is 15.8. The standard InChI is InChI=1S/C26H30N2O3/c1-4-11-22-16-21(18-24(30-5-2)25(22)31-6-3)17-23(19-27)26(29)28-15-10-14-20-12-8-7-9-13-20/h4,7-9,12-13,16-18H,1,5-6,10-11,14-15H2,2-3H3,(H,28,29)/b23-17-. The van der Waals surface area contributed by atoms with Crippen LogP contribution < -0.4 is 14.8 Å². The maximum atomic E-state index is 12.5. The van der Waals surface area contributed by atoms with Crippen LogP contribution in [0.25, 0.3) is 6.08 Å². The van der Waals surface area contributed by atoms with Gasteiger partial charge in [0, 0.05) is 12.1 Å². The molecular formula is C26H30N2O3. The number of carbonyl (C=O) groups is 1. The van der Waals surface area contributed by atoms with Gasteiger partial charge in [-0.1, -0.05) is 36.4 Å². The summed E-state index contributed by atoms with van der Waals surface area (Å²) in [6.07, 6.45) is 5.62. The van der Waals surface area contributed by atoms with Crippen molar-refractivity contribution in [3.8, 4) is 17.6 Å². The number of hydrogen-bond acceptors (Lipinski definition) is 4. The normalized spacial score (nSPS) is 10.8. The largest absolute Gasteiger partial charge is 0.490 e. The van der Waals surface area contributed by atoms with Crippen LogP contribution in [0.3, 0.4) is 0 Å². The number of nitriles is 1. The molecule has 0 aromatic heterocycles. The molecule has 31 heavy (non-hydrogen) atoms. The van der Waals surface area contributed by atoms with E-state index in [0.717, 1.165) is 18.4 Å². The molecular weight excluding hydrogens is 388 g/mol. The van der Waals surface area contributed by atoms with Crippen molar-refractivity contribution in [2.45, 2.75) is 33.1 Å². The minimum atomic E-state index is -0.382. The Hall–Kier alpha value is -3.52. The molecule has 2 aromatic rings. The third-order valence-electron chi connectivity index (χ3n) is 4.55. The summed E-state index contributed by atoms with van der Waals surface area (Å²) in [7, 11) is 0. The zero-order chi connectivity index (χ0) is 22.5. The van der Waals surface area contributed by atoms with Crippen molar-refractivity contribution in [2.75, 3.05) is 19.8 Å². The monoisotopic (exact) mass is 418 g/mol. The fourth-order valence-electron chi connectivity index (χ4n) is 3.19. The van der Waals surface area contributed by atoms with Gasteiger partial charge in [0.25, 0.3) is 5.91 Å². The highest BCUT2D eigenvalue weighted by molar-refractivity contribution is 6.01. The van der Waals surface area contributed by atoms with Crippen molar-refractivity contribution in [1.29, 1.82) is 5.26 Å². The van der Waals surface area contributed by atoms with Crippen molar-refractivity contribution < 1.29 is 14.3 Å². The molecule has 0 fully saturated rings. The van der Waals surface area contributed by atoms with Gasteiger partial charge in [0.15, 0.2) is 11.5 Å². The summed E-state index contributed by atoms with van der Waals surface area (Å²) in [5, 5.41) is 12.4. The fraction of sp³-hybridized carbons (Fsp3) is 0.308. The molecule has 0 aliphatic carbocycles. The van der Waals surface area contributed by atoms with Gasteiger partial charge in [-0.3, -0.25) is 4.79 Å². The average molecular weight is 419 g/mol. The first-order chi connectivity index (χ1) is 15.1. The first-order valence-electron chi connectivity index (χ1n) is 10.6. The fourth-order valence-corrected chi connectivity index (χ4v) is 3.19. The van der Waals surface area contributed by atoms with Gasteiger partial charge in [0.1, 0.15) is 11.6 Å². The minimum absolute atomic E-state index is 0.0517. The van der Waals surface area contributed by atoms with Gasteiger partial charge in [0.05, 0.1) is 13.2 Å². The van der Waals surface area contributed by atoms with Gasteiger partial charge in [-0.05, 0) is 62.4 Å². The summed E-state index contributed by atoms with van der Waals surface area (Å²) in [4.78, 5) is 12.5. The van der Waals surface area contributed by atoms with Gasteiger partial charge in [0.2, 0.25) is 0 Å². The van der Waals surface area contributed by atoms with Crippen molar-refractivity contribution >= 4 is 12.0 Å². The molecule has 1 N–H and O–H groups in total. The zero-order valence-corrected chi connectivity index (χ0v) is 18.3. The molecule has 0 saturated carbocycles. The van der Waals surface area contributed by atoms with Gasteiger partial charge in [-0.2, -0.15) is 5.26 Å². The van der Waals surface area contributed by atoms with Gasteiger partial charge < -0.3 is 14.8 Å². The Kier molecular flexibility index (Phi) is 9.90. The molecule has 5 nitrogen and oxygen atoms in total. The topological polar surface area (TPSA) is 71.4 Å². The van der Waals surface area contributed by atoms with Crippen molar-refractivity contribution in [3.63, 3.8) is 0 Å². The molecule has 0 saturated heterocycles. The number of benzene rings is 2. The number of amides is 1. The van der Waals surface area contributed by atoms with Crippen molar-refractivity contribution in [2.24, 2.45) is 0 Å². The van der Waals surface area contributed by atoms with Crippen molar-refractivity contribution in [1.82, 2.24) is 5.32 Å². The molecule has 0 aliphatic heterocycles. The Morgan fingerprint density at radius 2 is 1.90 bits per heavy atom. The summed E-state index contributed by atoms with van der Waals surface area (Å²) < 4.78 is 11.5. The summed E-state index contributed by atoms with van der Waals surface area (Å²) in [5.74, 6) is 0.883. The van der Waals surface area contributed by atoms with E-state index in [1.807, 2.05) is 44.2 Å². The molecule has 5 heteroatoms. The molecule has 0 radical (unpaired) electrons. The third-order valence-corrected chi connectivity index (χ3v) is 4.55. The van der Waals surface area contributed by atoms with E-state index < -0.39 is 0 Å². The number of carbonyl (C=O) groups excluding carboxylic acids is 1. The lowest BCUT2D eigenvalue weighted by atomic mass is 10.0. The Bertz CT molecular complexity index is 943. The van der Waals surface area contributed by atoms with Crippen LogP contribution in [0.15, 0.2) is 60.7 Å². The molecule has 162 valence electrons. The van der Waals surface area contributed by atoms with Crippen LogP contribution in [-0.2, 0) is 17.6 Å². The van der Waals surface area contributed by atoms with E-state index in [2.05, 4.69) is 24.0 Å². The summed E-state index contributed by atoms with van der Waals surface area (Å²) in [5.41, 5.74) is 2.88. The average Bonchev–Trinajstić information content (AvgIpc) is 2.78. The highest BCUT2D eigenvalue weighted by Gasteiger charge is 2.14. The van der Waals surface area contributed by atoms with Gasteiger partial charge in [-0.15, -0.1) is 6.58 Å². The van der Waals surface area contributed by atoms with Crippen LogP contribution in [0.1, 0.15) is 37.0 Å². The number of ether oxygens (including phenoxy) is 2. The number of nitrogens with one attached hydrogen (secondary N) is 1. The Labute approximate surface area is 185 Å². The maximum Gasteiger partial charge on any atom is 0.261 e. The smallest absolute Gasteiger partial charge is 0.261 e. The highest BCUT2D eigenvalue weighted by Crippen LogP contribution is 2.34. The molecule has 2 rings (SSSR count). The molecule has 0 atom stereocenters. The second-order valence-electron chi connectivity index (χ2n) is 6.88. The number of allylic oxidation sites excluding steroid dienone is 1. The number of hydrogen-bond donors (Lipinski definition) is 1. The van der Waals surface area contributed by atoms with Crippen LogP contribution in [0, 0.1) is 11.3 Å². The van der Waals surface area contributed by atoms with E-state index >= 15 is 0 Å². The predicted octanol–water partition coefficient (Wildman–Crippen LogP) is 4.87. The Balaban J connectivity index is 2.14. The van der Waals surface area contributed by atoms with Gasteiger partial charge >= 0.3 is 0 Å². The number of nitrogens with zero attached hydrogens (tertiary/aromatic N) is 1. The van der Waals surface area contributed by atoms with E-state index in [4.69, 9.17) is 9.47 Å². The highest BCUT2D eigenvalue weighted by atomic mass is 16.5. The molecule has 2 aromatic carbocycles.